The fourth-order valence-electron chi connectivity index (χ4n) is 4.53. The molecule has 1 saturated heterocycles. The molecule has 178 valence electrons. The van der Waals surface area contributed by atoms with Crippen LogP contribution in [0.2, 0.25) is 0 Å². The summed E-state index contributed by atoms with van der Waals surface area (Å²) in [5.74, 6) is 2.48. The number of ether oxygens (including phenoxy) is 3. The summed E-state index contributed by atoms with van der Waals surface area (Å²) in [7, 11) is 4.75. The third kappa shape index (κ3) is 5.23. The lowest BCUT2D eigenvalue weighted by molar-refractivity contribution is 0.186. The number of hydrogen-bond donors (Lipinski definition) is 1. The third-order valence-electron chi connectivity index (χ3n) is 6.43. The Morgan fingerprint density at radius 2 is 1.58 bits per heavy atom. The van der Waals surface area contributed by atoms with Crippen LogP contribution < -0.4 is 24.4 Å². The van der Waals surface area contributed by atoms with Gasteiger partial charge in [-0.1, -0.05) is 19.3 Å². The Bertz CT molecular complexity index is 913. The number of nitrogens with zero attached hydrogens (tertiary/aromatic N) is 4. The van der Waals surface area contributed by atoms with E-state index in [9.17, 15) is 4.79 Å². The number of aromatic nitrogens is 2. The number of rotatable bonds is 6. The molecular weight excluding hydrogens is 422 g/mol. The van der Waals surface area contributed by atoms with Crippen LogP contribution in [0.5, 0.6) is 17.2 Å². The molecule has 1 aromatic carbocycles. The summed E-state index contributed by atoms with van der Waals surface area (Å²) in [6.07, 6.45) is 5.90. The van der Waals surface area contributed by atoms with Gasteiger partial charge in [0.05, 0.1) is 27.0 Å². The number of methoxy groups -OCH3 is 3. The van der Waals surface area contributed by atoms with Gasteiger partial charge in [0, 0.05) is 37.8 Å². The van der Waals surface area contributed by atoms with Gasteiger partial charge in [-0.25, -0.2) is 4.79 Å². The number of amides is 2. The van der Waals surface area contributed by atoms with Gasteiger partial charge in [0.25, 0.3) is 0 Å². The molecule has 2 fully saturated rings. The van der Waals surface area contributed by atoms with E-state index >= 15 is 0 Å². The molecular formula is C24H33N5O4. The van der Waals surface area contributed by atoms with Gasteiger partial charge in [0.1, 0.15) is 0 Å². The van der Waals surface area contributed by atoms with Crippen LogP contribution in [0, 0.1) is 0 Å². The maximum absolute atomic E-state index is 12.6. The van der Waals surface area contributed by atoms with E-state index in [-0.39, 0.29) is 6.03 Å². The zero-order valence-electron chi connectivity index (χ0n) is 19.7. The molecule has 0 atom stereocenters. The highest BCUT2D eigenvalue weighted by Gasteiger charge is 2.24. The lowest BCUT2D eigenvalue weighted by atomic mass is 9.96. The van der Waals surface area contributed by atoms with Gasteiger partial charge in [-0.15, -0.1) is 10.2 Å². The number of piperazine rings is 1. The molecule has 1 aliphatic carbocycles. The van der Waals surface area contributed by atoms with Crippen molar-refractivity contribution in [2.45, 2.75) is 38.1 Å². The maximum atomic E-state index is 12.6. The Kier molecular flexibility index (Phi) is 7.36. The van der Waals surface area contributed by atoms with Crippen LogP contribution in [-0.4, -0.2) is 74.7 Å². The molecule has 0 spiro atoms. The van der Waals surface area contributed by atoms with Crippen LogP contribution in [0.3, 0.4) is 0 Å². The average molecular weight is 456 g/mol. The lowest BCUT2D eigenvalue weighted by Crippen LogP contribution is -2.53. The normalized spacial score (nSPS) is 16.9. The minimum atomic E-state index is 0.0605. The van der Waals surface area contributed by atoms with E-state index in [4.69, 9.17) is 14.2 Å². The third-order valence-corrected chi connectivity index (χ3v) is 6.43. The molecule has 0 unspecified atom stereocenters. The van der Waals surface area contributed by atoms with Crippen molar-refractivity contribution in [2.75, 3.05) is 52.4 Å². The van der Waals surface area contributed by atoms with Gasteiger partial charge >= 0.3 is 6.03 Å². The number of hydrogen-bond acceptors (Lipinski definition) is 7. The molecule has 0 radical (unpaired) electrons. The summed E-state index contributed by atoms with van der Waals surface area (Å²) in [6.45, 7) is 2.82. The first-order chi connectivity index (χ1) is 16.1. The van der Waals surface area contributed by atoms with Crippen molar-refractivity contribution in [3.8, 4) is 28.5 Å². The minimum absolute atomic E-state index is 0.0605. The molecule has 9 nitrogen and oxygen atoms in total. The van der Waals surface area contributed by atoms with Crippen LogP contribution >= 0.6 is 0 Å². The summed E-state index contributed by atoms with van der Waals surface area (Å²) in [5.41, 5.74) is 1.54. The first-order valence-corrected chi connectivity index (χ1v) is 11.6. The van der Waals surface area contributed by atoms with Crippen molar-refractivity contribution < 1.29 is 19.0 Å². The van der Waals surface area contributed by atoms with Crippen LogP contribution in [0.15, 0.2) is 24.3 Å². The van der Waals surface area contributed by atoms with E-state index in [0.29, 0.717) is 42.1 Å². The number of benzene rings is 1. The summed E-state index contributed by atoms with van der Waals surface area (Å²) in [5, 5.41) is 12.1. The molecule has 1 aliphatic heterocycles. The fourth-order valence-corrected chi connectivity index (χ4v) is 4.53. The highest BCUT2D eigenvalue weighted by molar-refractivity contribution is 5.75. The number of nitrogens with one attached hydrogen (secondary N) is 1. The number of carbonyl (C=O) groups is 1. The van der Waals surface area contributed by atoms with E-state index < -0.39 is 0 Å². The molecule has 2 aromatic rings. The van der Waals surface area contributed by atoms with Gasteiger partial charge in [0.15, 0.2) is 17.3 Å². The summed E-state index contributed by atoms with van der Waals surface area (Å²) < 4.78 is 16.3. The zero-order valence-corrected chi connectivity index (χ0v) is 19.7. The predicted octanol–water partition coefficient (Wildman–Crippen LogP) is 3.33. The zero-order chi connectivity index (χ0) is 23.2. The Morgan fingerprint density at radius 1 is 0.909 bits per heavy atom. The Hall–Kier alpha value is -3.23. The van der Waals surface area contributed by atoms with Gasteiger partial charge in [-0.3, -0.25) is 0 Å². The number of anilines is 1. The largest absolute Gasteiger partial charge is 0.493 e. The number of urea groups is 1. The van der Waals surface area contributed by atoms with E-state index in [2.05, 4.69) is 20.4 Å². The molecule has 0 bridgehead atoms. The van der Waals surface area contributed by atoms with E-state index in [1.165, 1.54) is 19.3 Å². The molecule has 33 heavy (non-hydrogen) atoms. The molecule has 4 rings (SSSR count). The Morgan fingerprint density at radius 3 is 2.12 bits per heavy atom. The summed E-state index contributed by atoms with van der Waals surface area (Å²) >= 11 is 0. The van der Waals surface area contributed by atoms with Crippen molar-refractivity contribution in [2.24, 2.45) is 0 Å². The highest BCUT2D eigenvalue weighted by atomic mass is 16.5. The van der Waals surface area contributed by atoms with Crippen LogP contribution in [0.1, 0.15) is 32.1 Å². The van der Waals surface area contributed by atoms with E-state index in [1.54, 1.807) is 21.3 Å². The van der Waals surface area contributed by atoms with Crippen LogP contribution in [0.4, 0.5) is 10.6 Å². The molecule has 1 N–H and O–H groups in total. The van der Waals surface area contributed by atoms with Gasteiger partial charge in [0.2, 0.25) is 5.75 Å². The lowest BCUT2D eigenvalue weighted by Gasteiger charge is -2.36. The van der Waals surface area contributed by atoms with Crippen LogP contribution in [0.25, 0.3) is 11.3 Å². The van der Waals surface area contributed by atoms with Gasteiger partial charge in [-0.2, -0.15) is 0 Å². The second-order valence-corrected chi connectivity index (χ2v) is 8.45. The first kappa shape index (κ1) is 22.9. The van der Waals surface area contributed by atoms with Crippen molar-refractivity contribution >= 4 is 11.8 Å². The molecule has 2 heterocycles. The van der Waals surface area contributed by atoms with Crippen molar-refractivity contribution in [1.82, 2.24) is 20.4 Å². The van der Waals surface area contributed by atoms with Crippen molar-refractivity contribution in [1.29, 1.82) is 0 Å². The topological polar surface area (TPSA) is 89.1 Å². The monoisotopic (exact) mass is 455 g/mol. The molecule has 1 aromatic heterocycles. The van der Waals surface area contributed by atoms with E-state index in [0.717, 1.165) is 37.3 Å². The summed E-state index contributed by atoms with van der Waals surface area (Å²) in [6, 6.07) is 8.00. The summed E-state index contributed by atoms with van der Waals surface area (Å²) in [4.78, 5) is 16.7. The van der Waals surface area contributed by atoms with Crippen molar-refractivity contribution in [3.63, 3.8) is 0 Å². The SMILES string of the molecule is COc1cc(-c2ccc(N3CCN(C(=O)NC4CCCCC4)CC3)nn2)cc(OC)c1OC. The standard InChI is InChI=1S/C24H33N5O4/c1-31-20-15-17(16-21(32-2)23(20)33-3)19-9-10-22(27-26-19)28-11-13-29(14-12-28)24(30)25-18-7-5-4-6-8-18/h9-10,15-16,18H,4-8,11-14H2,1-3H3,(H,25,30). The van der Waals surface area contributed by atoms with Gasteiger partial charge < -0.3 is 29.3 Å². The Labute approximate surface area is 195 Å². The molecule has 9 heteroatoms. The fraction of sp³-hybridized carbons (Fsp3) is 0.542. The molecule has 2 amide bonds. The second kappa shape index (κ2) is 10.6. The highest BCUT2D eigenvalue weighted by Crippen LogP contribution is 2.40. The maximum Gasteiger partial charge on any atom is 0.317 e. The molecule has 1 saturated carbocycles. The average Bonchev–Trinajstić information content (AvgIpc) is 2.88. The molecule has 2 aliphatic rings. The minimum Gasteiger partial charge on any atom is -0.493 e. The van der Waals surface area contributed by atoms with Crippen LogP contribution in [-0.2, 0) is 0 Å². The second-order valence-electron chi connectivity index (χ2n) is 8.45. The smallest absolute Gasteiger partial charge is 0.317 e. The first-order valence-electron chi connectivity index (χ1n) is 11.6. The van der Waals surface area contributed by atoms with E-state index in [1.807, 2.05) is 29.2 Å². The quantitative estimate of drug-likeness (QED) is 0.715. The van der Waals surface area contributed by atoms with Gasteiger partial charge in [-0.05, 0) is 37.1 Å². The predicted molar refractivity (Wildman–Crippen MR) is 126 cm³/mol. The Balaban J connectivity index is 1.38. The van der Waals surface area contributed by atoms with Crippen molar-refractivity contribution in [3.05, 3.63) is 24.3 Å². The number of carbonyl (C=O) groups excluding carboxylic acids is 1.